The fourth-order valence-corrected chi connectivity index (χ4v) is 3.98. The summed E-state index contributed by atoms with van der Waals surface area (Å²) in [6.07, 6.45) is 0.0245. The van der Waals surface area contributed by atoms with E-state index in [1.54, 1.807) is 0 Å². The molecule has 0 spiro atoms. The largest absolute Gasteiger partial charge is 0.480 e. The molecule has 2 aromatic carbocycles. The van der Waals surface area contributed by atoms with Gasteiger partial charge in [-0.3, -0.25) is 4.79 Å². The van der Waals surface area contributed by atoms with Crippen molar-refractivity contribution in [1.82, 2.24) is 10.6 Å². The molecule has 0 aliphatic heterocycles. The van der Waals surface area contributed by atoms with Crippen LogP contribution in [0.25, 0.3) is 11.1 Å². The van der Waals surface area contributed by atoms with Crippen LogP contribution in [-0.2, 0) is 19.1 Å². The third kappa shape index (κ3) is 6.10. The van der Waals surface area contributed by atoms with Gasteiger partial charge in [-0.2, -0.15) is 0 Å². The number of carbonyl (C=O) groups is 3. The van der Waals surface area contributed by atoms with Gasteiger partial charge in [0.1, 0.15) is 19.3 Å². The van der Waals surface area contributed by atoms with Crippen LogP contribution in [0.5, 0.6) is 0 Å². The van der Waals surface area contributed by atoms with Crippen LogP contribution in [0, 0.1) is 5.92 Å². The first-order chi connectivity index (χ1) is 15.9. The zero-order valence-electron chi connectivity index (χ0n) is 18.9. The van der Waals surface area contributed by atoms with Gasteiger partial charge in [0.15, 0.2) is 0 Å². The quantitative estimate of drug-likeness (QED) is 0.450. The van der Waals surface area contributed by atoms with E-state index in [4.69, 9.17) is 14.6 Å². The number of hydrogen-bond acceptors (Lipinski definition) is 5. The van der Waals surface area contributed by atoms with Crippen LogP contribution < -0.4 is 10.6 Å². The Morgan fingerprint density at radius 3 is 2.21 bits per heavy atom. The van der Waals surface area contributed by atoms with Crippen LogP contribution >= 0.6 is 0 Å². The number of rotatable bonds is 11. The van der Waals surface area contributed by atoms with Gasteiger partial charge in [0, 0.05) is 12.5 Å². The van der Waals surface area contributed by atoms with E-state index in [-0.39, 0.29) is 37.5 Å². The Hall–Kier alpha value is -3.39. The van der Waals surface area contributed by atoms with Crippen LogP contribution in [0.15, 0.2) is 48.5 Å². The normalized spacial score (nSPS) is 14.0. The minimum Gasteiger partial charge on any atom is -0.480 e. The van der Waals surface area contributed by atoms with E-state index in [1.807, 2.05) is 50.2 Å². The van der Waals surface area contributed by atoms with Crippen molar-refractivity contribution in [1.29, 1.82) is 0 Å². The summed E-state index contributed by atoms with van der Waals surface area (Å²) in [5.74, 6) is -1.62. The number of nitrogens with one attached hydrogen (secondary N) is 2. The van der Waals surface area contributed by atoms with Crippen molar-refractivity contribution in [2.75, 3.05) is 26.4 Å². The second kappa shape index (κ2) is 11.5. The molecular weight excluding hydrogens is 424 g/mol. The molecule has 3 N–H and O–H groups in total. The molecule has 1 unspecified atom stereocenters. The zero-order valence-corrected chi connectivity index (χ0v) is 18.9. The second-order valence-electron chi connectivity index (χ2n) is 8.07. The van der Waals surface area contributed by atoms with Gasteiger partial charge in [0.05, 0.1) is 6.61 Å². The van der Waals surface area contributed by atoms with Gasteiger partial charge in [-0.25, -0.2) is 9.59 Å². The number of alkyl carbamates (subject to hydrolysis) is 1. The van der Waals surface area contributed by atoms with Gasteiger partial charge in [-0.15, -0.1) is 0 Å². The first kappa shape index (κ1) is 24.3. The molecule has 0 saturated carbocycles. The highest BCUT2D eigenvalue weighted by molar-refractivity contribution is 5.86. The van der Waals surface area contributed by atoms with E-state index < -0.39 is 24.7 Å². The molecule has 0 heterocycles. The number of hydrogen-bond donors (Lipinski definition) is 3. The Kier molecular flexibility index (Phi) is 8.43. The van der Waals surface area contributed by atoms with Gasteiger partial charge >= 0.3 is 12.1 Å². The van der Waals surface area contributed by atoms with Crippen LogP contribution in [-0.4, -0.2) is 55.5 Å². The molecule has 8 nitrogen and oxygen atoms in total. The Morgan fingerprint density at radius 2 is 1.64 bits per heavy atom. The minimum atomic E-state index is -1.07. The Bertz CT molecular complexity index is 947. The first-order valence-electron chi connectivity index (χ1n) is 11.1. The van der Waals surface area contributed by atoms with Crippen LogP contribution in [0.1, 0.15) is 37.3 Å². The molecule has 0 saturated heterocycles. The van der Waals surface area contributed by atoms with E-state index in [0.717, 1.165) is 22.3 Å². The lowest BCUT2D eigenvalue weighted by molar-refractivity contribution is -0.142. The molecule has 0 fully saturated rings. The summed E-state index contributed by atoms with van der Waals surface area (Å²) in [6, 6.07) is 15.4. The van der Waals surface area contributed by atoms with Crippen molar-refractivity contribution >= 4 is 18.0 Å². The SMILES string of the molecule is CCC(C)[C@H](NC(=O)OCC1c2ccccc2-c2ccccc21)C(=O)NCCOCC(=O)O. The maximum absolute atomic E-state index is 12.6. The molecule has 8 heteroatoms. The monoisotopic (exact) mass is 454 g/mol. The molecule has 1 aliphatic carbocycles. The fraction of sp³-hybridized carbons (Fsp3) is 0.400. The summed E-state index contributed by atoms with van der Waals surface area (Å²) < 4.78 is 10.5. The average Bonchev–Trinajstić information content (AvgIpc) is 3.14. The summed E-state index contributed by atoms with van der Waals surface area (Å²) >= 11 is 0. The molecule has 2 aromatic rings. The summed E-state index contributed by atoms with van der Waals surface area (Å²) in [7, 11) is 0. The van der Waals surface area contributed by atoms with Crippen molar-refractivity contribution in [3.8, 4) is 11.1 Å². The fourth-order valence-electron chi connectivity index (χ4n) is 3.98. The Morgan fingerprint density at radius 1 is 1.03 bits per heavy atom. The first-order valence-corrected chi connectivity index (χ1v) is 11.1. The highest BCUT2D eigenvalue weighted by Gasteiger charge is 2.30. The number of fused-ring (bicyclic) bond motifs is 3. The maximum Gasteiger partial charge on any atom is 0.407 e. The standard InChI is InChI=1S/C25H30N2O6/c1-3-16(2)23(24(30)26-12-13-32-15-22(28)29)27-25(31)33-14-21-19-10-6-4-8-17(19)18-9-5-7-11-20(18)21/h4-11,16,21,23H,3,12-15H2,1-2H3,(H,26,30)(H,27,31)(H,28,29)/t16?,23-/m0/s1. The zero-order chi connectivity index (χ0) is 23.8. The van der Waals surface area contributed by atoms with Crippen molar-refractivity contribution in [3.05, 3.63) is 59.7 Å². The van der Waals surface area contributed by atoms with Gasteiger partial charge in [-0.05, 0) is 28.2 Å². The van der Waals surface area contributed by atoms with Crippen molar-refractivity contribution in [2.24, 2.45) is 5.92 Å². The lowest BCUT2D eigenvalue weighted by Gasteiger charge is -2.24. The highest BCUT2D eigenvalue weighted by Crippen LogP contribution is 2.44. The van der Waals surface area contributed by atoms with Gasteiger partial charge in [0.25, 0.3) is 0 Å². The lowest BCUT2D eigenvalue weighted by Crippen LogP contribution is -2.51. The molecule has 0 bridgehead atoms. The van der Waals surface area contributed by atoms with Crippen LogP contribution in [0.3, 0.4) is 0 Å². The molecule has 33 heavy (non-hydrogen) atoms. The molecule has 3 rings (SSSR count). The number of aliphatic carboxylic acids is 1. The topological polar surface area (TPSA) is 114 Å². The van der Waals surface area contributed by atoms with E-state index >= 15 is 0 Å². The number of carboxylic acid groups (broad SMARTS) is 1. The second-order valence-corrected chi connectivity index (χ2v) is 8.07. The van der Waals surface area contributed by atoms with E-state index in [0.29, 0.717) is 6.42 Å². The molecule has 0 aromatic heterocycles. The summed E-state index contributed by atoms with van der Waals surface area (Å²) in [5.41, 5.74) is 4.52. The number of amides is 2. The summed E-state index contributed by atoms with van der Waals surface area (Å²) in [6.45, 7) is 3.75. The predicted molar refractivity (Wildman–Crippen MR) is 123 cm³/mol. The van der Waals surface area contributed by atoms with Gasteiger partial charge < -0.3 is 25.2 Å². The van der Waals surface area contributed by atoms with E-state index in [2.05, 4.69) is 22.8 Å². The van der Waals surface area contributed by atoms with Gasteiger partial charge in [0.2, 0.25) is 5.91 Å². The minimum absolute atomic E-state index is 0.0644. The molecule has 1 aliphatic rings. The molecule has 2 amide bonds. The van der Waals surface area contributed by atoms with Crippen LogP contribution in [0.2, 0.25) is 0 Å². The van der Waals surface area contributed by atoms with Crippen LogP contribution in [0.4, 0.5) is 4.79 Å². The molecule has 0 radical (unpaired) electrons. The maximum atomic E-state index is 12.6. The smallest absolute Gasteiger partial charge is 0.407 e. The molecule has 176 valence electrons. The number of carboxylic acids is 1. The van der Waals surface area contributed by atoms with Crippen molar-refractivity contribution in [3.63, 3.8) is 0 Å². The number of benzene rings is 2. The number of ether oxygens (including phenoxy) is 2. The van der Waals surface area contributed by atoms with Crippen molar-refractivity contribution in [2.45, 2.75) is 32.2 Å². The lowest BCUT2D eigenvalue weighted by atomic mass is 9.98. The highest BCUT2D eigenvalue weighted by atomic mass is 16.5. The summed E-state index contributed by atoms with van der Waals surface area (Å²) in [4.78, 5) is 35.7. The average molecular weight is 455 g/mol. The van der Waals surface area contributed by atoms with E-state index in [9.17, 15) is 14.4 Å². The third-order valence-electron chi connectivity index (χ3n) is 5.88. The Balaban J connectivity index is 1.57. The number of carbonyl (C=O) groups excluding carboxylic acids is 2. The predicted octanol–water partition coefficient (Wildman–Crippen LogP) is 3.16. The van der Waals surface area contributed by atoms with Crippen molar-refractivity contribution < 1.29 is 29.0 Å². The third-order valence-corrected chi connectivity index (χ3v) is 5.88. The molecule has 2 atom stereocenters. The summed E-state index contributed by atoms with van der Waals surface area (Å²) in [5, 5.41) is 13.9. The Labute approximate surface area is 193 Å². The molecular formula is C25H30N2O6. The van der Waals surface area contributed by atoms with Gasteiger partial charge in [-0.1, -0.05) is 68.8 Å². The van der Waals surface area contributed by atoms with E-state index in [1.165, 1.54) is 0 Å².